The second-order valence-electron chi connectivity index (χ2n) is 3.20. The van der Waals surface area contributed by atoms with Crippen LogP contribution >= 0.6 is 15.9 Å². The van der Waals surface area contributed by atoms with Gasteiger partial charge in [0.05, 0.1) is 36.2 Å². The molecule has 0 amide bonds. The number of nitriles is 1. The second-order valence-corrected chi connectivity index (χ2v) is 3.99. The van der Waals surface area contributed by atoms with Gasteiger partial charge in [-0.15, -0.1) is 0 Å². The van der Waals surface area contributed by atoms with Crippen molar-refractivity contribution in [3.63, 3.8) is 0 Å². The summed E-state index contributed by atoms with van der Waals surface area (Å²) in [5, 5.41) is 8.99. The normalized spacial score (nSPS) is 9.53. The van der Waals surface area contributed by atoms with Gasteiger partial charge in [0, 0.05) is 0 Å². The standard InChI is InChI=1S/C12H12BrNO3/c1-3-17-11(15)6-9-8(7-14)4-5-10(16-2)12(9)13/h4-5H,3,6H2,1-2H3. The number of carbonyl (C=O) groups is 1. The molecule has 0 bridgehead atoms. The number of methoxy groups -OCH3 is 1. The van der Waals surface area contributed by atoms with Gasteiger partial charge in [0.25, 0.3) is 0 Å². The first-order valence-electron chi connectivity index (χ1n) is 5.05. The number of hydrogen-bond donors (Lipinski definition) is 0. The lowest BCUT2D eigenvalue weighted by atomic mass is 10.1. The van der Waals surface area contributed by atoms with Gasteiger partial charge in [-0.05, 0) is 40.5 Å². The van der Waals surface area contributed by atoms with Crippen LogP contribution in [0.3, 0.4) is 0 Å². The van der Waals surface area contributed by atoms with Crippen LogP contribution in [0.2, 0.25) is 0 Å². The molecule has 4 nitrogen and oxygen atoms in total. The largest absolute Gasteiger partial charge is 0.496 e. The molecule has 0 N–H and O–H groups in total. The van der Waals surface area contributed by atoms with E-state index in [0.29, 0.717) is 28.0 Å². The van der Waals surface area contributed by atoms with Crippen molar-refractivity contribution in [1.82, 2.24) is 0 Å². The molecule has 0 saturated carbocycles. The summed E-state index contributed by atoms with van der Waals surface area (Å²) in [6.07, 6.45) is 0.0501. The Morgan fingerprint density at radius 2 is 2.24 bits per heavy atom. The summed E-state index contributed by atoms with van der Waals surface area (Å²) in [6.45, 7) is 2.06. The van der Waals surface area contributed by atoms with Crippen LogP contribution in [0.15, 0.2) is 16.6 Å². The fourth-order valence-corrected chi connectivity index (χ4v) is 2.04. The van der Waals surface area contributed by atoms with Crippen molar-refractivity contribution < 1.29 is 14.3 Å². The number of benzene rings is 1. The molecule has 17 heavy (non-hydrogen) atoms. The number of halogens is 1. The average molecular weight is 298 g/mol. The Morgan fingerprint density at radius 3 is 2.76 bits per heavy atom. The van der Waals surface area contributed by atoms with E-state index in [-0.39, 0.29) is 12.4 Å². The monoisotopic (exact) mass is 297 g/mol. The maximum atomic E-state index is 11.4. The molecule has 1 aromatic rings. The summed E-state index contributed by atoms with van der Waals surface area (Å²) in [4.78, 5) is 11.4. The summed E-state index contributed by atoms with van der Waals surface area (Å²) in [5.41, 5.74) is 1.02. The summed E-state index contributed by atoms with van der Waals surface area (Å²) in [5.74, 6) is 0.223. The Labute approximate surface area is 108 Å². The second kappa shape index (κ2) is 6.26. The minimum atomic E-state index is -0.363. The third-order valence-corrected chi connectivity index (χ3v) is 3.04. The summed E-state index contributed by atoms with van der Waals surface area (Å²) >= 11 is 3.33. The Bertz CT molecular complexity index is 466. The van der Waals surface area contributed by atoms with E-state index < -0.39 is 0 Å². The van der Waals surface area contributed by atoms with Gasteiger partial charge in [-0.3, -0.25) is 4.79 Å². The van der Waals surface area contributed by atoms with E-state index in [9.17, 15) is 4.79 Å². The van der Waals surface area contributed by atoms with Crippen molar-refractivity contribution in [2.24, 2.45) is 0 Å². The van der Waals surface area contributed by atoms with Gasteiger partial charge < -0.3 is 9.47 Å². The molecule has 0 saturated heterocycles. The molecule has 0 fully saturated rings. The van der Waals surface area contributed by atoms with E-state index in [2.05, 4.69) is 15.9 Å². The molecule has 0 unspecified atom stereocenters. The number of esters is 1. The quantitative estimate of drug-likeness (QED) is 0.801. The Balaban J connectivity index is 3.11. The molecule has 1 aromatic carbocycles. The van der Waals surface area contributed by atoms with Crippen molar-refractivity contribution in [3.8, 4) is 11.8 Å². The Morgan fingerprint density at radius 1 is 1.53 bits per heavy atom. The smallest absolute Gasteiger partial charge is 0.310 e. The van der Waals surface area contributed by atoms with Crippen LogP contribution in [0.4, 0.5) is 0 Å². The lowest BCUT2D eigenvalue weighted by Crippen LogP contribution is -2.09. The van der Waals surface area contributed by atoms with Crippen LogP contribution in [0.5, 0.6) is 5.75 Å². The molecule has 0 aliphatic carbocycles. The van der Waals surface area contributed by atoms with Crippen molar-refractivity contribution in [2.75, 3.05) is 13.7 Å². The zero-order valence-corrected chi connectivity index (χ0v) is 11.2. The van der Waals surface area contributed by atoms with Gasteiger partial charge in [-0.1, -0.05) is 0 Å². The summed E-state index contributed by atoms with van der Waals surface area (Å²) in [7, 11) is 1.53. The first kappa shape index (κ1) is 13.5. The van der Waals surface area contributed by atoms with Gasteiger partial charge >= 0.3 is 5.97 Å². The van der Waals surface area contributed by atoms with Crippen LogP contribution in [0.1, 0.15) is 18.1 Å². The van der Waals surface area contributed by atoms with Crippen molar-refractivity contribution in [2.45, 2.75) is 13.3 Å². The van der Waals surface area contributed by atoms with Gasteiger partial charge in [0.2, 0.25) is 0 Å². The van der Waals surface area contributed by atoms with E-state index in [1.165, 1.54) is 7.11 Å². The fraction of sp³-hybridized carbons (Fsp3) is 0.333. The minimum Gasteiger partial charge on any atom is -0.496 e. The highest BCUT2D eigenvalue weighted by Crippen LogP contribution is 2.31. The van der Waals surface area contributed by atoms with E-state index in [1.807, 2.05) is 6.07 Å². The van der Waals surface area contributed by atoms with Gasteiger partial charge in [-0.25, -0.2) is 0 Å². The first-order chi connectivity index (χ1) is 8.13. The average Bonchev–Trinajstić information content (AvgIpc) is 2.32. The van der Waals surface area contributed by atoms with Crippen LogP contribution in [-0.4, -0.2) is 19.7 Å². The maximum Gasteiger partial charge on any atom is 0.310 e. The highest BCUT2D eigenvalue weighted by molar-refractivity contribution is 9.10. The van der Waals surface area contributed by atoms with Crippen molar-refractivity contribution in [1.29, 1.82) is 5.26 Å². The zero-order valence-electron chi connectivity index (χ0n) is 9.62. The van der Waals surface area contributed by atoms with Gasteiger partial charge in [0.1, 0.15) is 5.75 Å². The first-order valence-corrected chi connectivity index (χ1v) is 5.84. The molecular formula is C12H12BrNO3. The zero-order chi connectivity index (χ0) is 12.8. The lowest BCUT2D eigenvalue weighted by Gasteiger charge is -2.10. The van der Waals surface area contributed by atoms with Gasteiger partial charge in [0.15, 0.2) is 0 Å². The molecule has 1 rings (SSSR count). The third-order valence-electron chi connectivity index (χ3n) is 2.17. The summed E-state index contributed by atoms with van der Waals surface area (Å²) in [6, 6.07) is 5.34. The lowest BCUT2D eigenvalue weighted by molar-refractivity contribution is -0.142. The van der Waals surface area contributed by atoms with Crippen molar-refractivity contribution in [3.05, 3.63) is 27.7 Å². The SMILES string of the molecule is CCOC(=O)Cc1c(C#N)ccc(OC)c1Br. The molecule has 0 radical (unpaired) electrons. The topological polar surface area (TPSA) is 59.3 Å². The molecule has 0 aromatic heterocycles. The molecular weight excluding hydrogens is 286 g/mol. The number of rotatable bonds is 4. The van der Waals surface area contributed by atoms with Crippen LogP contribution < -0.4 is 4.74 Å². The highest BCUT2D eigenvalue weighted by Gasteiger charge is 2.15. The van der Waals surface area contributed by atoms with E-state index in [1.54, 1.807) is 19.1 Å². The molecule has 0 aliphatic rings. The minimum absolute atomic E-state index is 0.0501. The fourth-order valence-electron chi connectivity index (χ4n) is 1.39. The van der Waals surface area contributed by atoms with E-state index >= 15 is 0 Å². The molecule has 0 aliphatic heterocycles. The maximum absolute atomic E-state index is 11.4. The predicted octanol–water partition coefficient (Wildman–Crippen LogP) is 2.43. The number of nitrogens with zero attached hydrogens (tertiary/aromatic N) is 1. The van der Waals surface area contributed by atoms with Gasteiger partial charge in [-0.2, -0.15) is 5.26 Å². The van der Waals surface area contributed by atoms with Crippen LogP contribution in [0.25, 0.3) is 0 Å². The molecule has 0 heterocycles. The number of ether oxygens (including phenoxy) is 2. The van der Waals surface area contributed by atoms with Crippen LogP contribution in [0, 0.1) is 11.3 Å². The molecule has 90 valence electrons. The molecule has 0 spiro atoms. The number of hydrogen-bond acceptors (Lipinski definition) is 4. The number of carbonyl (C=O) groups excluding carboxylic acids is 1. The molecule has 5 heteroatoms. The Kier molecular flexibility index (Phi) is 4.98. The molecule has 0 atom stereocenters. The third kappa shape index (κ3) is 3.21. The Hall–Kier alpha value is -1.54. The van der Waals surface area contributed by atoms with E-state index in [0.717, 1.165) is 0 Å². The van der Waals surface area contributed by atoms with Crippen molar-refractivity contribution >= 4 is 21.9 Å². The van der Waals surface area contributed by atoms with E-state index in [4.69, 9.17) is 14.7 Å². The predicted molar refractivity (Wildman–Crippen MR) is 65.7 cm³/mol. The van der Waals surface area contributed by atoms with Crippen LogP contribution in [-0.2, 0) is 16.0 Å². The highest BCUT2D eigenvalue weighted by atomic mass is 79.9. The summed E-state index contributed by atoms with van der Waals surface area (Å²) < 4.78 is 10.6.